The Morgan fingerprint density at radius 2 is 1.09 bits per heavy atom. The van der Waals surface area contributed by atoms with Crippen LogP contribution in [0.5, 0.6) is 0 Å². The summed E-state index contributed by atoms with van der Waals surface area (Å²) in [7, 11) is 0. The van der Waals surface area contributed by atoms with Gasteiger partial charge in [0.2, 0.25) is 0 Å². The average molecular weight is 641 g/mol. The van der Waals surface area contributed by atoms with Gasteiger partial charge in [-0.25, -0.2) is 0 Å². The maximum Gasteiger partial charge on any atom is 0.306 e. The minimum Gasteiger partial charge on any atom is -0.460 e. The van der Waals surface area contributed by atoms with Crippen molar-refractivity contribution in [3.8, 4) is 0 Å². The molecule has 0 spiro atoms. The summed E-state index contributed by atoms with van der Waals surface area (Å²) in [4.78, 5) is 32.4. The molecule has 10 nitrogen and oxygen atoms in total. The molecule has 2 aromatic rings. The zero-order chi connectivity index (χ0) is 34.5. The highest BCUT2D eigenvalue weighted by Gasteiger charge is 2.39. The summed E-state index contributed by atoms with van der Waals surface area (Å²) in [6, 6.07) is 3.79. The summed E-state index contributed by atoms with van der Waals surface area (Å²) in [6.07, 6.45) is 10.5. The first-order valence-corrected chi connectivity index (χ1v) is 16.3. The molecule has 4 N–H and O–H groups in total. The summed E-state index contributed by atoms with van der Waals surface area (Å²) < 4.78 is 23.3. The number of hydrogen-bond acceptors (Lipinski definition) is 10. The van der Waals surface area contributed by atoms with E-state index in [0.717, 1.165) is 36.8 Å². The van der Waals surface area contributed by atoms with Gasteiger partial charge in [0.25, 0.3) is 0 Å². The molecule has 0 radical (unpaired) electrons. The topological polar surface area (TPSA) is 149 Å². The van der Waals surface area contributed by atoms with Crippen LogP contribution in [-0.2, 0) is 28.5 Å². The minimum atomic E-state index is -0.452. The predicted molar refractivity (Wildman–Crippen MR) is 179 cm³/mol. The van der Waals surface area contributed by atoms with Crippen LogP contribution in [0.4, 0.5) is 11.4 Å². The number of carbonyl (C=O) groups excluding carboxylic acids is 2. The first kappa shape index (κ1) is 37.2. The summed E-state index contributed by atoms with van der Waals surface area (Å²) in [5, 5.41) is 0. The van der Waals surface area contributed by atoms with E-state index in [9.17, 15) is 9.59 Å². The smallest absolute Gasteiger partial charge is 0.306 e. The summed E-state index contributed by atoms with van der Waals surface area (Å²) in [5.41, 5.74) is 13.7. The van der Waals surface area contributed by atoms with Gasteiger partial charge in [-0.2, -0.15) is 0 Å². The van der Waals surface area contributed by atoms with Crippen molar-refractivity contribution in [1.29, 1.82) is 0 Å². The molecule has 0 amide bonds. The largest absolute Gasteiger partial charge is 0.460 e. The van der Waals surface area contributed by atoms with Gasteiger partial charge in [-0.1, -0.05) is 0 Å². The van der Waals surface area contributed by atoms with Crippen LogP contribution in [-0.4, -0.2) is 44.3 Å². The lowest BCUT2D eigenvalue weighted by molar-refractivity contribution is -0.163. The Morgan fingerprint density at radius 3 is 1.39 bits per heavy atom. The first-order valence-electron chi connectivity index (χ1n) is 16.3. The molecule has 256 valence electrons. The fourth-order valence-corrected chi connectivity index (χ4v) is 6.48. The third kappa shape index (κ3) is 12.2. The van der Waals surface area contributed by atoms with Gasteiger partial charge in [0, 0.05) is 36.4 Å². The molecule has 2 aliphatic rings. The van der Waals surface area contributed by atoms with Crippen LogP contribution in [0.1, 0.15) is 131 Å². The number of aromatic nitrogens is 2. The number of carbonyl (C=O) groups is 2. The molecule has 2 saturated heterocycles. The van der Waals surface area contributed by atoms with Crippen molar-refractivity contribution < 1.29 is 28.5 Å². The van der Waals surface area contributed by atoms with Crippen LogP contribution in [0.15, 0.2) is 36.9 Å². The van der Waals surface area contributed by atoms with Gasteiger partial charge < -0.3 is 30.4 Å². The Hall–Kier alpha value is -3.24. The molecule has 2 aromatic heterocycles. The van der Waals surface area contributed by atoms with E-state index >= 15 is 0 Å². The number of nitrogens with two attached hydrogens (primary N) is 2. The van der Waals surface area contributed by atoms with E-state index in [0.29, 0.717) is 24.2 Å². The number of nitrogens with zero attached hydrogens (tertiary/aromatic N) is 2. The molecule has 0 aromatic carbocycles. The fraction of sp³-hybridized carbons (Fsp3) is 0.667. The standard InChI is InChI=1S/2C18H28N2O3/c2*1-17(2,3)23-16(21)9-12-8-15(22-18(4,5)10-12)13-6-7-20-11-14(13)19/h2*6-7,11-12,15H,8-10,19H2,1-5H3/t2*12-,15-/m10/s1. The van der Waals surface area contributed by atoms with Gasteiger partial charge in [-0.3, -0.25) is 19.6 Å². The highest BCUT2D eigenvalue weighted by atomic mass is 16.6. The first-order chi connectivity index (χ1) is 21.1. The molecule has 46 heavy (non-hydrogen) atoms. The number of nitrogen functional groups attached to an aromatic ring is 2. The van der Waals surface area contributed by atoms with Crippen LogP contribution in [0.25, 0.3) is 0 Å². The second kappa shape index (κ2) is 14.7. The third-order valence-electron chi connectivity index (χ3n) is 7.80. The second-order valence-electron chi connectivity index (χ2n) is 15.9. The van der Waals surface area contributed by atoms with Crippen LogP contribution in [0.2, 0.25) is 0 Å². The summed E-state index contributed by atoms with van der Waals surface area (Å²) in [5.74, 6) is 0.126. The van der Waals surface area contributed by atoms with Gasteiger partial charge in [-0.05, 0) is 119 Å². The van der Waals surface area contributed by atoms with Crippen molar-refractivity contribution >= 4 is 23.3 Å². The maximum atomic E-state index is 12.2. The molecule has 10 heteroatoms. The van der Waals surface area contributed by atoms with E-state index < -0.39 is 11.2 Å². The molecule has 0 unspecified atom stereocenters. The minimum absolute atomic E-state index is 0.116. The van der Waals surface area contributed by atoms with Gasteiger partial charge in [0.1, 0.15) is 11.2 Å². The van der Waals surface area contributed by atoms with Crippen LogP contribution in [0.3, 0.4) is 0 Å². The monoisotopic (exact) mass is 640 g/mol. The molecule has 2 fully saturated rings. The lowest BCUT2D eigenvalue weighted by Gasteiger charge is -2.41. The van der Waals surface area contributed by atoms with Crippen LogP contribution in [0, 0.1) is 11.8 Å². The van der Waals surface area contributed by atoms with E-state index in [1.54, 1.807) is 24.8 Å². The van der Waals surface area contributed by atoms with Gasteiger partial charge in [0.15, 0.2) is 0 Å². The second-order valence-corrected chi connectivity index (χ2v) is 15.9. The van der Waals surface area contributed by atoms with Crippen molar-refractivity contribution in [3.05, 3.63) is 48.0 Å². The van der Waals surface area contributed by atoms with Crippen LogP contribution >= 0.6 is 0 Å². The molecule has 0 saturated carbocycles. The molecular weight excluding hydrogens is 584 g/mol. The van der Waals surface area contributed by atoms with Crippen molar-refractivity contribution in [3.63, 3.8) is 0 Å². The molecular formula is C36H56N4O6. The molecule has 4 rings (SSSR count). The molecule has 0 aliphatic carbocycles. The van der Waals surface area contributed by atoms with Gasteiger partial charge in [-0.15, -0.1) is 0 Å². The number of ether oxygens (including phenoxy) is 4. The Morgan fingerprint density at radius 1 is 0.739 bits per heavy atom. The molecule has 0 bridgehead atoms. The number of hydrogen-bond donors (Lipinski definition) is 2. The summed E-state index contributed by atoms with van der Waals surface area (Å²) in [6.45, 7) is 19.5. The van der Waals surface area contributed by atoms with Crippen LogP contribution < -0.4 is 11.5 Å². The quantitative estimate of drug-likeness (QED) is 0.308. The van der Waals surface area contributed by atoms with Crippen molar-refractivity contribution in [2.75, 3.05) is 11.5 Å². The van der Waals surface area contributed by atoms with E-state index in [4.69, 9.17) is 30.4 Å². The normalized spacial score (nSPS) is 24.2. The SMILES string of the molecule is CC(C)(C)OC(=O)C[C@@H]1C[C@@H](c2ccncc2N)OC(C)(C)C1.CC(C)(C)OC(=O)C[C@H]1C[C@H](c2ccncc2N)OC(C)(C)C1. The van der Waals surface area contributed by atoms with E-state index in [1.807, 2.05) is 53.7 Å². The number of esters is 2. The Kier molecular flexibility index (Phi) is 11.9. The highest BCUT2D eigenvalue weighted by Crippen LogP contribution is 2.44. The lowest BCUT2D eigenvalue weighted by atomic mass is 9.82. The fourth-order valence-electron chi connectivity index (χ4n) is 6.48. The van der Waals surface area contributed by atoms with Crippen molar-refractivity contribution in [1.82, 2.24) is 9.97 Å². The third-order valence-corrected chi connectivity index (χ3v) is 7.80. The average Bonchev–Trinajstić information content (AvgIpc) is 2.85. The zero-order valence-corrected chi connectivity index (χ0v) is 29.5. The Bertz CT molecular complexity index is 1230. The van der Waals surface area contributed by atoms with Gasteiger partial charge >= 0.3 is 11.9 Å². The Labute approximate surface area is 275 Å². The number of pyridine rings is 2. The molecule has 2 aliphatic heterocycles. The lowest BCUT2D eigenvalue weighted by Crippen LogP contribution is -2.37. The van der Waals surface area contributed by atoms with E-state index in [1.165, 1.54) is 0 Å². The Balaban J connectivity index is 0.000000250. The van der Waals surface area contributed by atoms with Crippen molar-refractivity contribution in [2.45, 2.75) is 142 Å². The highest BCUT2D eigenvalue weighted by molar-refractivity contribution is 5.70. The van der Waals surface area contributed by atoms with E-state index in [-0.39, 0.29) is 47.2 Å². The van der Waals surface area contributed by atoms with Crippen molar-refractivity contribution in [2.24, 2.45) is 11.8 Å². The van der Waals surface area contributed by atoms with Gasteiger partial charge in [0.05, 0.1) is 47.2 Å². The predicted octanol–water partition coefficient (Wildman–Crippen LogP) is 7.28. The van der Waals surface area contributed by atoms with E-state index in [2.05, 4.69) is 37.7 Å². The number of rotatable bonds is 6. The molecule has 4 atom stereocenters. The maximum absolute atomic E-state index is 12.2. The molecule has 4 heterocycles. The summed E-state index contributed by atoms with van der Waals surface area (Å²) >= 11 is 0. The number of anilines is 2. The zero-order valence-electron chi connectivity index (χ0n) is 29.5.